The fraction of sp³-hybridized carbons (Fsp3) is 0.421. The largest absolute Gasteiger partial charge is 0.370 e. The Morgan fingerprint density at radius 3 is 2.52 bits per heavy atom. The van der Waals surface area contributed by atoms with Crippen LogP contribution in [0.15, 0.2) is 48.8 Å². The minimum Gasteiger partial charge on any atom is -0.370 e. The van der Waals surface area contributed by atoms with Crippen LogP contribution in [0.4, 0.5) is 5.69 Å². The second-order valence-electron chi connectivity index (χ2n) is 6.73. The molecular formula is C19H25N3O2S. The highest BCUT2D eigenvalue weighted by Gasteiger charge is 2.21. The number of hydrogen-bond acceptors (Lipinski definition) is 4. The molecule has 3 rings (SSSR count). The Balaban J connectivity index is 1.46. The molecular weight excluding hydrogens is 334 g/mol. The smallest absolute Gasteiger partial charge is 0.215 e. The molecule has 2 aromatic rings. The van der Waals surface area contributed by atoms with Crippen molar-refractivity contribution in [3.05, 3.63) is 59.9 Å². The molecule has 0 spiro atoms. The average Bonchev–Trinajstić information content (AvgIpc) is 2.63. The maximum absolute atomic E-state index is 12.3. The molecule has 0 unspecified atom stereocenters. The van der Waals surface area contributed by atoms with E-state index in [0.717, 1.165) is 42.7 Å². The van der Waals surface area contributed by atoms with Gasteiger partial charge in [0.25, 0.3) is 0 Å². The standard InChI is InChI=1S/C19H25N3O2S/c1-16-4-6-18(7-5-16)15-25(23,24)21-13-17-8-11-22(12-9-17)19-3-2-10-20-14-19/h2-7,10,14,17,21H,8-9,11-13,15H2,1H3. The lowest BCUT2D eigenvalue weighted by Gasteiger charge is -2.33. The quantitative estimate of drug-likeness (QED) is 0.861. The van der Waals surface area contributed by atoms with E-state index in [0.29, 0.717) is 12.5 Å². The van der Waals surface area contributed by atoms with Gasteiger partial charge >= 0.3 is 0 Å². The first kappa shape index (κ1) is 17.9. The van der Waals surface area contributed by atoms with Crippen LogP contribution in [-0.2, 0) is 15.8 Å². The Labute approximate surface area is 150 Å². The predicted octanol–water partition coefficient (Wildman–Crippen LogP) is 2.73. The first-order chi connectivity index (χ1) is 12.0. The topological polar surface area (TPSA) is 62.3 Å². The van der Waals surface area contributed by atoms with Crippen LogP contribution in [0.3, 0.4) is 0 Å². The lowest BCUT2D eigenvalue weighted by molar-refractivity contribution is 0.402. The molecule has 0 aliphatic carbocycles. The van der Waals surface area contributed by atoms with Gasteiger partial charge in [0, 0.05) is 25.8 Å². The molecule has 1 aliphatic rings. The van der Waals surface area contributed by atoms with Crippen LogP contribution in [0.25, 0.3) is 0 Å². The predicted molar refractivity (Wildman–Crippen MR) is 101 cm³/mol. The fourth-order valence-electron chi connectivity index (χ4n) is 3.14. The second-order valence-corrected chi connectivity index (χ2v) is 8.54. The van der Waals surface area contributed by atoms with Crippen LogP contribution in [0.2, 0.25) is 0 Å². The summed E-state index contributed by atoms with van der Waals surface area (Å²) in [5.74, 6) is 0.433. The van der Waals surface area contributed by atoms with E-state index < -0.39 is 10.0 Å². The zero-order chi connectivity index (χ0) is 17.7. The molecule has 6 heteroatoms. The highest BCUT2D eigenvalue weighted by Crippen LogP contribution is 2.22. The van der Waals surface area contributed by atoms with E-state index in [4.69, 9.17) is 0 Å². The molecule has 1 aliphatic heterocycles. The van der Waals surface area contributed by atoms with Gasteiger partial charge in [0.15, 0.2) is 0 Å². The van der Waals surface area contributed by atoms with E-state index >= 15 is 0 Å². The van der Waals surface area contributed by atoms with Crippen LogP contribution in [-0.4, -0.2) is 33.0 Å². The number of aryl methyl sites for hydroxylation is 1. The van der Waals surface area contributed by atoms with Crippen molar-refractivity contribution in [3.63, 3.8) is 0 Å². The molecule has 0 radical (unpaired) electrons. The molecule has 5 nitrogen and oxygen atoms in total. The lowest BCUT2D eigenvalue weighted by atomic mass is 9.97. The number of pyridine rings is 1. The van der Waals surface area contributed by atoms with Gasteiger partial charge in [0.05, 0.1) is 17.6 Å². The summed E-state index contributed by atoms with van der Waals surface area (Å²) in [6, 6.07) is 11.7. The zero-order valence-corrected chi connectivity index (χ0v) is 15.4. The zero-order valence-electron chi connectivity index (χ0n) is 14.6. The van der Waals surface area contributed by atoms with Crippen LogP contribution in [0.5, 0.6) is 0 Å². The molecule has 0 amide bonds. The van der Waals surface area contributed by atoms with Crippen LogP contribution in [0, 0.1) is 12.8 Å². The van der Waals surface area contributed by atoms with Gasteiger partial charge < -0.3 is 4.90 Å². The van der Waals surface area contributed by atoms with E-state index in [1.165, 1.54) is 0 Å². The van der Waals surface area contributed by atoms with Crippen LogP contribution >= 0.6 is 0 Å². The second kappa shape index (κ2) is 7.97. The van der Waals surface area contributed by atoms with E-state index in [2.05, 4.69) is 20.7 Å². The van der Waals surface area contributed by atoms with Gasteiger partial charge in [-0.25, -0.2) is 13.1 Å². The molecule has 25 heavy (non-hydrogen) atoms. The molecule has 0 saturated carbocycles. The van der Waals surface area contributed by atoms with Crippen molar-refractivity contribution in [2.24, 2.45) is 5.92 Å². The number of sulfonamides is 1. The summed E-state index contributed by atoms with van der Waals surface area (Å²) in [4.78, 5) is 6.47. The highest BCUT2D eigenvalue weighted by atomic mass is 32.2. The Hall–Kier alpha value is -1.92. The minimum atomic E-state index is -3.29. The summed E-state index contributed by atoms with van der Waals surface area (Å²) in [5.41, 5.74) is 3.10. The summed E-state index contributed by atoms with van der Waals surface area (Å²) >= 11 is 0. The number of nitrogens with zero attached hydrogens (tertiary/aromatic N) is 2. The Morgan fingerprint density at radius 2 is 1.88 bits per heavy atom. The van der Waals surface area contributed by atoms with Crippen LogP contribution < -0.4 is 9.62 Å². The molecule has 0 bridgehead atoms. The molecule has 134 valence electrons. The van der Waals surface area contributed by atoms with Crippen molar-refractivity contribution in [2.75, 3.05) is 24.5 Å². The third-order valence-electron chi connectivity index (χ3n) is 4.69. The number of nitrogens with one attached hydrogen (secondary N) is 1. The summed E-state index contributed by atoms with van der Waals surface area (Å²) in [7, 11) is -3.29. The van der Waals surface area contributed by atoms with E-state index in [9.17, 15) is 8.42 Å². The monoisotopic (exact) mass is 359 g/mol. The van der Waals surface area contributed by atoms with Crippen molar-refractivity contribution in [2.45, 2.75) is 25.5 Å². The Bertz CT molecular complexity index is 768. The lowest BCUT2D eigenvalue weighted by Crippen LogP contribution is -2.39. The van der Waals surface area contributed by atoms with Gasteiger partial charge in [-0.15, -0.1) is 0 Å². The highest BCUT2D eigenvalue weighted by molar-refractivity contribution is 7.88. The summed E-state index contributed by atoms with van der Waals surface area (Å²) in [6.07, 6.45) is 5.63. The van der Waals surface area contributed by atoms with Gasteiger partial charge in [0.1, 0.15) is 0 Å². The molecule has 1 aromatic heterocycles. The molecule has 2 heterocycles. The van der Waals surface area contributed by atoms with Gasteiger partial charge in [-0.3, -0.25) is 4.98 Å². The molecule has 1 fully saturated rings. The van der Waals surface area contributed by atoms with Crippen molar-refractivity contribution < 1.29 is 8.42 Å². The van der Waals surface area contributed by atoms with E-state index in [-0.39, 0.29) is 5.75 Å². The summed E-state index contributed by atoms with van der Waals surface area (Å²) < 4.78 is 27.4. The van der Waals surface area contributed by atoms with E-state index in [1.807, 2.05) is 43.5 Å². The van der Waals surface area contributed by atoms with Gasteiger partial charge in [-0.1, -0.05) is 29.8 Å². The number of rotatable bonds is 6. The van der Waals surface area contributed by atoms with Crippen molar-refractivity contribution in [1.29, 1.82) is 0 Å². The SMILES string of the molecule is Cc1ccc(CS(=O)(=O)NCC2CCN(c3cccnc3)CC2)cc1. The van der Waals surface area contributed by atoms with Gasteiger partial charge in [-0.05, 0) is 43.4 Å². The minimum absolute atomic E-state index is 0.0435. The first-order valence-corrected chi connectivity index (χ1v) is 10.3. The number of piperidine rings is 1. The number of anilines is 1. The van der Waals surface area contributed by atoms with Crippen molar-refractivity contribution in [1.82, 2.24) is 9.71 Å². The average molecular weight is 359 g/mol. The Morgan fingerprint density at radius 1 is 1.16 bits per heavy atom. The van der Waals surface area contributed by atoms with Crippen LogP contribution in [0.1, 0.15) is 24.0 Å². The third-order valence-corrected chi connectivity index (χ3v) is 6.01. The van der Waals surface area contributed by atoms with E-state index in [1.54, 1.807) is 6.20 Å². The van der Waals surface area contributed by atoms with Gasteiger partial charge in [0.2, 0.25) is 10.0 Å². The third kappa shape index (κ3) is 5.28. The Kier molecular flexibility index (Phi) is 5.71. The normalized spacial score (nSPS) is 16.1. The van der Waals surface area contributed by atoms with Crippen molar-refractivity contribution in [3.8, 4) is 0 Å². The van der Waals surface area contributed by atoms with Gasteiger partial charge in [-0.2, -0.15) is 0 Å². The fourth-order valence-corrected chi connectivity index (χ4v) is 4.36. The number of hydrogen-bond donors (Lipinski definition) is 1. The molecule has 1 aromatic carbocycles. The molecule has 1 saturated heterocycles. The van der Waals surface area contributed by atoms with Crippen molar-refractivity contribution >= 4 is 15.7 Å². The number of benzene rings is 1. The first-order valence-electron chi connectivity index (χ1n) is 8.70. The molecule has 0 atom stereocenters. The number of aromatic nitrogens is 1. The summed E-state index contributed by atoms with van der Waals surface area (Å²) in [6.45, 7) is 4.40. The maximum atomic E-state index is 12.3. The maximum Gasteiger partial charge on any atom is 0.215 e. The molecule has 1 N–H and O–H groups in total. The summed E-state index contributed by atoms with van der Waals surface area (Å²) in [5, 5.41) is 0.